The largest absolute Gasteiger partial charge is 0.481 e. The Balaban J connectivity index is 1.93. The second-order valence-electron chi connectivity index (χ2n) is 6.79. The van der Waals surface area contributed by atoms with Crippen LogP contribution >= 0.6 is 0 Å². The maximum atomic E-state index is 12.4. The van der Waals surface area contributed by atoms with Crippen molar-refractivity contribution in [1.29, 1.82) is 0 Å². The van der Waals surface area contributed by atoms with Crippen LogP contribution in [-0.4, -0.2) is 47.8 Å². The third-order valence-corrected chi connectivity index (χ3v) is 3.74. The first kappa shape index (κ1) is 17.4. The van der Waals surface area contributed by atoms with Crippen LogP contribution in [0.4, 0.5) is 10.5 Å². The van der Waals surface area contributed by atoms with Crippen LogP contribution in [0.15, 0.2) is 18.3 Å². The number of nitrogens with one attached hydrogen (secondary N) is 1. The van der Waals surface area contributed by atoms with E-state index in [2.05, 4.69) is 10.3 Å². The molecule has 1 aliphatic rings. The molecule has 6 heteroatoms. The monoisotopic (exact) mass is 321 g/mol. The van der Waals surface area contributed by atoms with Crippen LogP contribution in [-0.2, 0) is 4.74 Å². The van der Waals surface area contributed by atoms with Crippen molar-refractivity contribution in [3.05, 3.63) is 18.3 Å². The highest BCUT2D eigenvalue weighted by molar-refractivity contribution is 5.68. The molecule has 1 aromatic rings. The molecule has 0 aromatic carbocycles. The van der Waals surface area contributed by atoms with E-state index in [4.69, 9.17) is 9.47 Å². The van der Waals surface area contributed by atoms with E-state index in [1.807, 2.05) is 37.8 Å². The molecule has 0 saturated carbocycles. The fraction of sp³-hybridized carbons (Fsp3) is 0.647. The number of hydrogen-bond donors (Lipinski definition) is 1. The van der Waals surface area contributed by atoms with Crippen molar-refractivity contribution in [2.24, 2.45) is 0 Å². The zero-order valence-corrected chi connectivity index (χ0v) is 14.5. The van der Waals surface area contributed by atoms with E-state index in [9.17, 15) is 4.79 Å². The van der Waals surface area contributed by atoms with Gasteiger partial charge in [0.25, 0.3) is 0 Å². The molecule has 6 nitrogen and oxygen atoms in total. The maximum Gasteiger partial charge on any atom is 0.410 e. The lowest BCUT2D eigenvalue weighted by Gasteiger charge is -2.37. The van der Waals surface area contributed by atoms with Crippen molar-refractivity contribution in [3.63, 3.8) is 0 Å². The van der Waals surface area contributed by atoms with Crippen molar-refractivity contribution in [3.8, 4) is 5.88 Å². The van der Waals surface area contributed by atoms with Gasteiger partial charge in [0.15, 0.2) is 0 Å². The number of ether oxygens (including phenoxy) is 2. The Morgan fingerprint density at radius 2 is 2.17 bits per heavy atom. The number of carbonyl (C=O) groups excluding carboxylic acids is 1. The number of amides is 1. The van der Waals surface area contributed by atoms with E-state index < -0.39 is 5.60 Å². The van der Waals surface area contributed by atoms with Crippen LogP contribution in [0.2, 0.25) is 0 Å². The summed E-state index contributed by atoms with van der Waals surface area (Å²) in [6, 6.07) is 3.88. The lowest BCUT2D eigenvalue weighted by molar-refractivity contribution is 0.0114. The van der Waals surface area contributed by atoms with Crippen molar-refractivity contribution < 1.29 is 14.3 Å². The number of hydrogen-bond acceptors (Lipinski definition) is 5. The van der Waals surface area contributed by atoms with Gasteiger partial charge in [-0.2, -0.15) is 0 Å². The Hall–Kier alpha value is -1.98. The van der Waals surface area contributed by atoms with Crippen LogP contribution in [0.3, 0.4) is 0 Å². The number of aromatic nitrogens is 1. The fourth-order valence-electron chi connectivity index (χ4n) is 2.61. The smallest absolute Gasteiger partial charge is 0.410 e. The Bertz CT molecular complexity index is 511. The first-order valence-electron chi connectivity index (χ1n) is 8.12. The maximum absolute atomic E-state index is 12.4. The van der Waals surface area contributed by atoms with E-state index in [0.29, 0.717) is 12.4 Å². The normalized spacial score (nSPS) is 18.4. The second kappa shape index (κ2) is 7.53. The molecule has 1 atom stereocenters. The summed E-state index contributed by atoms with van der Waals surface area (Å²) in [6.07, 6.45) is 4.65. The van der Waals surface area contributed by atoms with Crippen LogP contribution in [0.25, 0.3) is 0 Å². The van der Waals surface area contributed by atoms with Gasteiger partial charge < -0.3 is 19.7 Å². The summed E-state index contributed by atoms with van der Waals surface area (Å²) >= 11 is 0. The molecule has 1 aliphatic heterocycles. The summed E-state index contributed by atoms with van der Waals surface area (Å²) in [5.41, 5.74) is 0.451. The third-order valence-electron chi connectivity index (χ3n) is 3.74. The van der Waals surface area contributed by atoms with Crippen molar-refractivity contribution in [2.75, 3.05) is 25.5 Å². The Kier molecular flexibility index (Phi) is 5.69. The Morgan fingerprint density at radius 1 is 1.39 bits per heavy atom. The average Bonchev–Trinajstić information content (AvgIpc) is 2.52. The Morgan fingerprint density at radius 3 is 2.78 bits per heavy atom. The van der Waals surface area contributed by atoms with Crippen molar-refractivity contribution in [1.82, 2.24) is 9.88 Å². The van der Waals surface area contributed by atoms with Gasteiger partial charge in [-0.05, 0) is 46.1 Å². The second-order valence-corrected chi connectivity index (χ2v) is 6.79. The summed E-state index contributed by atoms with van der Waals surface area (Å²) in [5, 5.41) is 3.35. The van der Waals surface area contributed by atoms with Gasteiger partial charge in [-0.25, -0.2) is 9.78 Å². The lowest BCUT2D eigenvalue weighted by Crippen LogP contribution is -2.48. The molecule has 1 amide bonds. The molecule has 0 spiro atoms. The summed E-state index contributed by atoms with van der Waals surface area (Å²) < 4.78 is 10.6. The topological polar surface area (TPSA) is 63.7 Å². The SMILES string of the molecule is COc1ccc(NCC2CCCCN2C(=O)OC(C)(C)C)cn1. The molecular formula is C17H27N3O3. The van der Waals surface area contributed by atoms with Crippen molar-refractivity contribution in [2.45, 2.75) is 51.7 Å². The van der Waals surface area contributed by atoms with Gasteiger partial charge in [-0.15, -0.1) is 0 Å². The van der Waals surface area contributed by atoms with Crippen LogP contribution < -0.4 is 10.1 Å². The Labute approximate surface area is 138 Å². The van der Waals surface area contributed by atoms with Gasteiger partial charge in [0.2, 0.25) is 5.88 Å². The van der Waals surface area contributed by atoms with Crippen LogP contribution in [0, 0.1) is 0 Å². The molecule has 1 aromatic heterocycles. The minimum absolute atomic E-state index is 0.140. The average molecular weight is 321 g/mol. The number of methoxy groups -OCH3 is 1. The van der Waals surface area contributed by atoms with Crippen LogP contribution in [0.5, 0.6) is 5.88 Å². The van der Waals surface area contributed by atoms with E-state index in [1.165, 1.54) is 0 Å². The highest BCUT2D eigenvalue weighted by atomic mass is 16.6. The number of nitrogens with zero attached hydrogens (tertiary/aromatic N) is 2. The standard InChI is InChI=1S/C17H27N3O3/c1-17(2,3)23-16(21)20-10-6-5-7-14(20)12-18-13-8-9-15(22-4)19-11-13/h8-9,11,14,18H,5-7,10,12H2,1-4H3. The number of piperidine rings is 1. The summed E-state index contributed by atoms with van der Waals surface area (Å²) in [6.45, 7) is 7.12. The molecule has 1 N–H and O–H groups in total. The van der Waals surface area contributed by atoms with Crippen LogP contribution in [0.1, 0.15) is 40.0 Å². The molecule has 128 valence electrons. The van der Waals surface area contributed by atoms with Gasteiger partial charge in [-0.3, -0.25) is 0 Å². The third kappa shape index (κ3) is 5.30. The van der Waals surface area contributed by atoms with E-state index in [-0.39, 0.29) is 12.1 Å². The summed E-state index contributed by atoms with van der Waals surface area (Å²) in [7, 11) is 1.59. The van der Waals surface area contributed by atoms with Gasteiger partial charge in [-0.1, -0.05) is 0 Å². The minimum Gasteiger partial charge on any atom is -0.481 e. The highest BCUT2D eigenvalue weighted by Crippen LogP contribution is 2.21. The first-order chi connectivity index (χ1) is 10.9. The van der Waals surface area contributed by atoms with Gasteiger partial charge in [0.05, 0.1) is 25.0 Å². The number of carbonyl (C=O) groups is 1. The molecule has 2 rings (SSSR count). The number of likely N-dealkylation sites (tertiary alicyclic amines) is 1. The zero-order valence-electron chi connectivity index (χ0n) is 14.5. The predicted molar refractivity (Wildman–Crippen MR) is 89.9 cm³/mol. The summed E-state index contributed by atoms with van der Waals surface area (Å²) in [4.78, 5) is 18.4. The molecule has 1 saturated heterocycles. The first-order valence-corrected chi connectivity index (χ1v) is 8.12. The minimum atomic E-state index is -0.466. The molecule has 2 heterocycles. The zero-order chi connectivity index (χ0) is 16.9. The number of anilines is 1. The molecule has 0 bridgehead atoms. The molecule has 1 unspecified atom stereocenters. The number of rotatable bonds is 4. The lowest BCUT2D eigenvalue weighted by atomic mass is 10.0. The highest BCUT2D eigenvalue weighted by Gasteiger charge is 2.30. The van der Waals surface area contributed by atoms with E-state index in [1.54, 1.807) is 13.3 Å². The molecule has 0 radical (unpaired) electrons. The van der Waals surface area contributed by atoms with Gasteiger partial charge in [0, 0.05) is 19.2 Å². The van der Waals surface area contributed by atoms with E-state index >= 15 is 0 Å². The van der Waals surface area contributed by atoms with Gasteiger partial charge >= 0.3 is 6.09 Å². The molecule has 23 heavy (non-hydrogen) atoms. The van der Waals surface area contributed by atoms with E-state index in [0.717, 1.165) is 31.5 Å². The van der Waals surface area contributed by atoms with Crippen molar-refractivity contribution >= 4 is 11.8 Å². The number of pyridine rings is 1. The molecule has 1 fully saturated rings. The van der Waals surface area contributed by atoms with Gasteiger partial charge in [0.1, 0.15) is 5.60 Å². The molecule has 0 aliphatic carbocycles. The quantitative estimate of drug-likeness (QED) is 0.922. The summed E-state index contributed by atoms with van der Waals surface area (Å²) in [5.74, 6) is 0.587. The predicted octanol–water partition coefficient (Wildman–Crippen LogP) is 3.29. The fourth-order valence-corrected chi connectivity index (χ4v) is 2.61. The molecular weight excluding hydrogens is 294 g/mol.